The van der Waals surface area contributed by atoms with Crippen molar-refractivity contribution in [3.8, 4) is 0 Å². The summed E-state index contributed by atoms with van der Waals surface area (Å²) in [6, 6.07) is 7.20. The van der Waals surface area contributed by atoms with Crippen molar-refractivity contribution in [1.82, 2.24) is 4.98 Å². The highest BCUT2D eigenvalue weighted by Gasteiger charge is 2.14. The minimum Gasteiger partial charge on any atom is -0.462 e. The Bertz CT molecular complexity index is 575. The third kappa shape index (κ3) is 2.23. The molecule has 2 rings (SSSR count). The summed E-state index contributed by atoms with van der Waals surface area (Å²) in [6.45, 7) is 0. The summed E-state index contributed by atoms with van der Waals surface area (Å²) in [6.07, 6.45) is 3.29. The van der Waals surface area contributed by atoms with Gasteiger partial charge in [-0.25, -0.2) is 4.79 Å². The lowest BCUT2D eigenvalue weighted by Gasteiger charge is -2.06. The first kappa shape index (κ1) is 11.1. The van der Waals surface area contributed by atoms with E-state index < -0.39 is 11.9 Å². The second-order valence-electron chi connectivity index (χ2n) is 3.35. The molecule has 0 bridgehead atoms. The number of esters is 1. The van der Waals surface area contributed by atoms with Crippen LogP contribution in [0.1, 0.15) is 0 Å². The normalized spacial score (nSPS) is 9.94. The second-order valence-corrected chi connectivity index (χ2v) is 3.35. The van der Waals surface area contributed by atoms with Gasteiger partial charge in [-0.05, 0) is 17.5 Å². The van der Waals surface area contributed by atoms with Gasteiger partial charge in [-0.2, -0.15) is 0 Å². The Balaban J connectivity index is 2.36. The topological polar surface area (TPSA) is 68.3 Å². The largest absolute Gasteiger partial charge is 0.462 e. The molecule has 1 heterocycles. The van der Waals surface area contributed by atoms with Crippen LogP contribution >= 0.6 is 0 Å². The zero-order valence-corrected chi connectivity index (χ0v) is 9.14. The van der Waals surface area contributed by atoms with E-state index in [0.29, 0.717) is 5.69 Å². The van der Waals surface area contributed by atoms with E-state index in [0.717, 1.165) is 17.9 Å². The number of amides is 1. The molecule has 0 fully saturated rings. The first-order chi connectivity index (χ1) is 8.22. The monoisotopic (exact) mass is 230 g/mol. The van der Waals surface area contributed by atoms with Gasteiger partial charge in [-0.15, -0.1) is 0 Å². The van der Waals surface area contributed by atoms with Crippen LogP contribution in [-0.2, 0) is 14.3 Å². The van der Waals surface area contributed by atoms with Gasteiger partial charge in [0, 0.05) is 17.8 Å². The first-order valence-corrected chi connectivity index (χ1v) is 4.94. The van der Waals surface area contributed by atoms with Gasteiger partial charge in [-0.1, -0.05) is 12.1 Å². The van der Waals surface area contributed by atoms with Crippen molar-refractivity contribution in [3.63, 3.8) is 0 Å². The molecule has 0 aliphatic rings. The lowest BCUT2D eigenvalue weighted by atomic mass is 10.1. The van der Waals surface area contributed by atoms with Gasteiger partial charge >= 0.3 is 11.9 Å². The summed E-state index contributed by atoms with van der Waals surface area (Å²) < 4.78 is 4.33. The van der Waals surface area contributed by atoms with Crippen molar-refractivity contribution >= 4 is 28.3 Å². The van der Waals surface area contributed by atoms with Gasteiger partial charge in [0.25, 0.3) is 0 Å². The number of rotatable bonds is 1. The number of hydrogen-bond donors (Lipinski definition) is 1. The van der Waals surface area contributed by atoms with Gasteiger partial charge in [0.05, 0.1) is 12.8 Å². The Morgan fingerprint density at radius 2 is 2.12 bits per heavy atom. The van der Waals surface area contributed by atoms with Crippen molar-refractivity contribution in [2.24, 2.45) is 0 Å². The van der Waals surface area contributed by atoms with E-state index in [9.17, 15) is 9.59 Å². The van der Waals surface area contributed by atoms with Crippen LogP contribution in [0.4, 0.5) is 5.69 Å². The zero-order valence-electron chi connectivity index (χ0n) is 9.14. The van der Waals surface area contributed by atoms with Crippen molar-refractivity contribution in [2.75, 3.05) is 12.4 Å². The van der Waals surface area contributed by atoms with Crippen molar-refractivity contribution in [3.05, 3.63) is 36.7 Å². The second kappa shape index (κ2) is 4.61. The van der Waals surface area contributed by atoms with Gasteiger partial charge in [0.15, 0.2) is 0 Å². The molecule has 0 unspecified atom stereocenters. The van der Waals surface area contributed by atoms with E-state index in [1.54, 1.807) is 24.5 Å². The summed E-state index contributed by atoms with van der Waals surface area (Å²) in [5.74, 6) is -1.73. The number of carbonyl (C=O) groups is 2. The number of ether oxygens (including phenoxy) is 1. The maximum Gasteiger partial charge on any atom is 0.396 e. The summed E-state index contributed by atoms with van der Waals surface area (Å²) in [5, 5.41) is 4.19. The molecular weight excluding hydrogens is 220 g/mol. The fourth-order valence-corrected chi connectivity index (χ4v) is 1.49. The van der Waals surface area contributed by atoms with Gasteiger partial charge < -0.3 is 10.1 Å². The summed E-state index contributed by atoms with van der Waals surface area (Å²) in [4.78, 5) is 26.4. The predicted octanol–water partition coefficient (Wildman–Crippen LogP) is 1.35. The molecule has 0 atom stereocenters. The Kier molecular flexibility index (Phi) is 3.00. The number of hydrogen-bond acceptors (Lipinski definition) is 4. The van der Waals surface area contributed by atoms with Crippen molar-refractivity contribution < 1.29 is 14.3 Å². The maximum atomic E-state index is 11.4. The lowest BCUT2D eigenvalue weighted by molar-refractivity contribution is -0.150. The van der Waals surface area contributed by atoms with E-state index in [-0.39, 0.29) is 0 Å². The summed E-state index contributed by atoms with van der Waals surface area (Å²) in [7, 11) is 1.16. The predicted molar refractivity (Wildman–Crippen MR) is 62.4 cm³/mol. The van der Waals surface area contributed by atoms with Gasteiger partial charge in [-0.3, -0.25) is 9.78 Å². The molecule has 5 nitrogen and oxygen atoms in total. The first-order valence-electron chi connectivity index (χ1n) is 4.94. The van der Waals surface area contributed by atoms with Crippen molar-refractivity contribution in [2.45, 2.75) is 0 Å². The van der Waals surface area contributed by atoms with Crippen molar-refractivity contribution in [1.29, 1.82) is 0 Å². The highest BCUT2D eigenvalue weighted by molar-refractivity contribution is 6.37. The number of aromatic nitrogens is 1. The average molecular weight is 230 g/mol. The molecule has 17 heavy (non-hydrogen) atoms. The third-order valence-corrected chi connectivity index (χ3v) is 2.30. The number of nitrogens with one attached hydrogen (secondary N) is 1. The molecular formula is C12H10N2O3. The number of anilines is 1. The number of nitrogens with zero attached hydrogens (tertiary/aromatic N) is 1. The van der Waals surface area contributed by atoms with E-state index >= 15 is 0 Å². The van der Waals surface area contributed by atoms with Crippen LogP contribution in [-0.4, -0.2) is 24.0 Å². The molecule has 1 N–H and O–H groups in total. The molecule has 1 aromatic carbocycles. The Morgan fingerprint density at radius 1 is 1.29 bits per heavy atom. The molecule has 0 aliphatic heterocycles. The van der Waals surface area contributed by atoms with E-state index in [4.69, 9.17) is 0 Å². The number of carbonyl (C=O) groups excluding carboxylic acids is 2. The molecule has 0 spiro atoms. The van der Waals surface area contributed by atoms with Crippen LogP contribution in [0.15, 0.2) is 36.7 Å². The average Bonchev–Trinajstić information content (AvgIpc) is 2.38. The number of fused-ring (bicyclic) bond motifs is 1. The summed E-state index contributed by atoms with van der Waals surface area (Å²) >= 11 is 0. The molecule has 0 radical (unpaired) electrons. The third-order valence-electron chi connectivity index (χ3n) is 2.30. The number of methoxy groups -OCH3 is 1. The highest BCUT2D eigenvalue weighted by atomic mass is 16.5. The smallest absolute Gasteiger partial charge is 0.396 e. The minimum atomic E-state index is -0.925. The Hall–Kier alpha value is -2.43. The molecule has 1 aromatic heterocycles. The Labute approximate surface area is 97.4 Å². The molecule has 5 heteroatoms. The van der Waals surface area contributed by atoms with Crippen LogP contribution in [0.5, 0.6) is 0 Å². The molecule has 1 amide bonds. The van der Waals surface area contributed by atoms with Gasteiger partial charge in [0.1, 0.15) is 0 Å². The maximum absolute atomic E-state index is 11.4. The minimum absolute atomic E-state index is 0.533. The fraction of sp³-hybridized carbons (Fsp3) is 0.0833. The van der Waals surface area contributed by atoms with Crippen LogP contribution in [0.2, 0.25) is 0 Å². The van der Waals surface area contributed by atoms with Crippen LogP contribution < -0.4 is 5.32 Å². The molecule has 0 aliphatic carbocycles. The van der Waals surface area contributed by atoms with Gasteiger partial charge in [0.2, 0.25) is 0 Å². The van der Waals surface area contributed by atoms with Crippen LogP contribution in [0.25, 0.3) is 10.8 Å². The van der Waals surface area contributed by atoms with E-state index in [2.05, 4.69) is 15.0 Å². The standard InChI is InChI=1S/C12H10N2O3/c1-17-12(16)11(15)14-10-4-2-3-8-5-6-13-7-9(8)10/h2-7H,1H3,(H,14,15). The zero-order chi connectivity index (χ0) is 12.3. The quantitative estimate of drug-likeness (QED) is 0.593. The highest BCUT2D eigenvalue weighted by Crippen LogP contribution is 2.21. The Morgan fingerprint density at radius 3 is 2.88 bits per heavy atom. The number of benzene rings is 1. The SMILES string of the molecule is COC(=O)C(=O)Nc1cccc2ccncc12. The van der Waals surface area contributed by atoms with Crippen LogP contribution in [0.3, 0.4) is 0 Å². The lowest BCUT2D eigenvalue weighted by Crippen LogP contribution is -2.23. The fourth-order valence-electron chi connectivity index (χ4n) is 1.49. The molecule has 0 saturated heterocycles. The summed E-state index contributed by atoms with van der Waals surface area (Å²) in [5.41, 5.74) is 0.533. The van der Waals surface area contributed by atoms with E-state index in [1.807, 2.05) is 12.1 Å². The number of pyridine rings is 1. The molecule has 86 valence electrons. The molecule has 2 aromatic rings. The van der Waals surface area contributed by atoms with E-state index in [1.165, 1.54) is 0 Å². The van der Waals surface area contributed by atoms with Crippen LogP contribution in [0, 0.1) is 0 Å². The molecule has 0 saturated carbocycles.